The van der Waals surface area contributed by atoms with Gasteiger partial charge in [-0.05, 0) is 38.8 Å². The van der Waals surface area contributed by atoms with Crippen LogP contribution in [0.2, 0.25) is 0 Å². The normalized spacial score (nSPS) is 10.2. The second kappa shape index (κ2) is 6.86. The van der Waals surface area contributed by atoms with Crippen LogP contribution in [-0.4, -0.2) is 16.5 Å². The third-order valence-corrected chi connectivity index (χ3v) is 3.69. The molecule has 0 radical (unpaired) electrons. The molecule has 21 heavy (non-hydrogen) atoms. The number of aromatic nitrogens is 1. The summed E-state index contributed by atoms with van der Waals surface area (Å²) in [6.45, 7) is 2.76. The Labute approximate surface area is 137 Å². The molecule has 6 nitrogen and oxygen atoms in total. The number of ether oxygens (including phenoxy) is 1. The molecule has 0 saturated heterocycles. The quantitative estimate of drug-likeness (QED) is 0.562. The standard InChI is InChI=1S/C13H11Br2N3O3/c1-2-17-8-3-10(7-16-6-8)21-13-11(14)4-9(18(19)20)5-12(13)15/h3-7,17H,2H2,1H3. The number of nitrogens with zero attached hydrogens (tertiary/aromatic N) is 2. The van der Waals surface area contributed by atoms with Gasteiger partial charge in [-0.1, -0.05) is 0 Å². The molecule has 1 N–H and O–H groups in total. The molecule has 110 valence electrons. The first-order valence-electron chi connectivity index (χ1n) is 6.01. The number of hydrogen-bond acceptors (Lipinski definition) is 5. The lowest BCUT2D eigenvalue weighted by atomic mass is 10.3. The monoisotopic (exact) mass is 415 g/mol. The Bertz CT molecular complexity index is 656. The third kappa shape index (κ3) is 3.92. The number of nitrogens with one attached hydrogen (secondary N) is 1. The van der Waals surface area contributed by atoms with E-state index in [9.17, 15) is 10.1 Å². The molecule has 0 saturated carbocycles. The van der Waals surface area contributed by atoms with E-state index in [1.54, 1.807) is 18.5 Å². The van der Waals surface area contributed by atoms with Gasteiger partial charge in [0.25, 0.3) is 5.69 Å². The summed E-state index contributed by atoms with van der Waals surface area (Å²) >= 11 is 6.56. The average Bonchev–Trinajstić information content (AvgIpc) is 2.43. The molecule has 0 atom stereocenters. The van der Waals surface area contributed by atoms with Gasteiger partial charge in [0, 0.05) is 24.7 Å². The van der Waals surface area contributed by atoms with Gasteiger partial charge in [-0.25, -0.2) is 0 Å². The zero-order chi connectivity index (χ0) is 15.4. The van der Waals surface area contributed by atoms with Crippen LogP contribution in [0.5, 0.6) is 11.5 Å². The fraction of sp³-hybridized carbons (Fsp3) is 0.154. The lowest BCUT2D eigenvalue weighted by Gasteiger charge is -2.11. The van der Waals surface area contributed by atoms with Crippen molar-refractivity contribution in [2.75, 3.05) is 11.9 Å². The van der Waals surface area contributed by atoms with Gasteiger partial charge in [0.2, 0.25) is 0 Å². The second-order valence-corrected chi connectivity index (χ2v) is 5.75. The highest BCUT2D eigenvalue weighted by molar-refractivity contribution is 9.11. The van der Waals surface area contributed by atoms with Crippen LogP contribution in [0.15, 0.2) is 39.5 Å². The van der Waals surface area contributed by atoms with E-state index in [1.165, 1.54) is 12.1 Å². The van der Waals surface area contributed by atoms with Crippen molar-refractivity contribution >= 4 is 43.2 Å². The molecule has 1 heterocycles. The van der Waals surface area contributed by atoms with E-state index >= 15 is 0 Å². The summed E-state index contributed by atoms with van der Waals surface area (Å²) < 4.78 is 6.71. The SMILES string of the molecule is CCNc1cncc(Oc2c(Br)cc([N+](=O)[O-])cc2Br)c1. The zero-order valence-corrected chi connectivity index (χ0v) is 14.1. The maximum Gasteiger partial charge on any atom is 0.271 e. The first kappa shape index (κ1) is 15.7. The van der Waals surface area contributed by atoms with Gasteiger partial charge < -0.3 is 10.1 Å². The summed E-state index contributed by atoms with van der Waals surface area (Å²) in [5.41, 5.74) is 0.810. The number of non-ortho nitro benzene ring substituents is 1. The Balaban J connectivity index is 2.31. The van der Waals surface area contributed by atoms with Gasteiger partial charge in [-0.2, -0.15) is 0 Å². The van der Waals surface area contributed by atoms with Gasteiger partial charge in [0.05, 0.1) is 31.9 Å². The smallest absolute Gasteiger partial charge is 0.271 e. The third-order valence-electron chi connectivity index (χ3n) is 2.51. The Kier molecular flexibility index (Phi) is 5.13. The predicted octanol–water partition coefficient (Wildman–Crippen LogP) is 4.74. The van der Waals surface area contributed by atoms with Crippen molar-refractivity contribution in [3.05, 3.63) is 49.7 Å². The summed E-state index contributed by atoms with van der Waals surface area (Å²) in [6.07, 6.45) is 3.26. The van der Waals surface area contributed by atoms with Crippen LogP contribution < -0.4 is 10.1 Å². The number of benzene rings is 1. The number of pyridine rings is 1. The molecule has 0 aliphatic carbocycles. The second-order valence-electron chi connectivity index (χ2n) is 4.04. The van der Waals surface area contributed by atoms with Crippen molar-refractivity contribution in [2.24, 2.45) is 0 Å². The molecule has 0 bridgehead atoms. The molecular formula is C13H11Br2N3O3. The molecule has 2 rings (SSSR count). The van der Waals surface area contributed by atoms with Crippen molar-refractivity contribution in [1.29, 1.82) is 0 Å². The van der Waals surface area contributed by atoms with Gasteiger partial charge in [-0.3, -0.25) is 15.1 Å². The van der Waals surface area contributed by atoms with Crippen molar-refractivity contribution in [3.63, 3.8) is 0 Å². The topological polar surface area (TPSA) is 77.3 Å². The molecule has 0 unspecified atom stereocenters. The highest BCUT2D eigenvalue weighted by atomic mass is 79.9. The van der Waals surface area contributed by atoms with E-state index < -0.39 is 4.92 Å². The largest absolute Gasteiger partial charge is 0.453 e. The molecule has 8 heteroatoms. The van der Waals surface area contributed by atoms with Crippen LogP contribution in [0.4, 0.5) is 11.4 Å². The van der Waals surface area contributed by atoms with Crippen molar-refractivity contribution in [2.45, 2.75) is 6.92 Å². The molecule has 0 aliphatic heterocycles. The first-order chi connectivity index (χ1) is 10.0. The number of rotatable bonds is 5. The Morgan fingerprint density at radius 3 is 2.52 bits per heavy atom. The minimum atomic E-state index is -0.466. The highest BCUT2D eigenvalue weighted by Gasteiger charge is 2.16. The molecular weight excluding hydrogens is 406 g/mol. The molecule has 0 amide bonds. The molecule has 0 fully saturated rings. The average molecular weight is 417 g/mol. The zero-order valence-electron chi connectivity index (χ0n) is 11.0. The minimum absolute atomic E-state index is 0.0272. The number of halogens is 2. The van der Waals surface area contributed by atoms with Crippen molar-refractivity contribution in [3.8, 4) is 11.5 Å². The Hall–Kier alpha value is -1.67. The number of hydrogen-bond donors (Lipinski definition) is 1. The van der Waals surface area contributed by atoms with Gasteiger partial charge >= 0.3 is 0 Å². The van der Waals surface area contributed by atoms with Crippen LogP contribution in [-0.2, 0) is 0 Å². The number of nitro groups is 1. The number of nitro benzene ring substituents is 1. The van der Waals surface area contributed by atoms with E-state index in [1.807, 2.05) is 6.92 Å². The molecule has 1 aromatic carbocycles. The molecule has 0 spiro atoms. The Morgan fingerprint density at radius 1 is 1.29 bits per heavy atom. The van der Waals surface area contributed by atoms with Gasteiger partial charge in [0.15, 0.2) is 5.75 Å². The van der Waals surface area contributed by atoms with Crippen LogP contribution in [0, 0.1) is 10.1 Å². The van der Waals surface area contributed by atoms with E-state index in [0.29, 0.717) is 20.4 Å². The van der Waals surface area contributed by atoms with Gasteiger partial charge in [0.1, 0.15) is 5.75 Å². The van der Waals surface area contributed by atoms with E-state index in [2.05, 4.69) is 42.2 Å². The summed E-state index contributed by atoms with van der Waals surface area (Å²) in [5.74, 6) is 0.986. The predicted molar refractivity (Wildman–Crippen MR) is 87.0 cm³/mol. The molecule has 0 aliphatic rings. The molecule has 1 aromatic heterocycles. The summed E-state index contributed by atoms with van der Waals surface area (Å²) in [7, 11) is 0. The lowest BCUT2D eigenvalue weighted by molar-refractivity contribution is -0.385. The summed E-state index contributed by atoms with van der Waals surface area (Å²) in [4.78, 5) is 14.4. The highest BCUT2D eigenvalue weighted by Crippen LogP contribution is 2.39. The first-order valence-corrected chi connectivity index (χ1v) is 7.60. The van der Waals surface area contributed by atoms with E-state index in [4.69, 9.17) is 4.74 Å². The van der Waals surface area contributed by atoms with Crippen LogP contribution in [0.3, 0.4) is 0 Å². The fourth-order valence-electron chi connectivity index (χ4n) is 1.64. The maximum absolute atomic E-state index is 10.8. The van der Waals surface area contributed by atoms with Crippen molar-refractivity contribution < 1.29 is 9.66 Å². The minimum Gasteiger partial charge on any atom is -0.453 e. The van der Waals surface area contributed by atoms with Crippen LogP contribution in [0.25, 0.3) is 0 Å². The maximum atomic E-state index is 10.8. The number of anilines is 1. The van der Waals surface area contributed by atoms with Crippen molar-refractivity contribution in [1.82, 2.24) is 4.98 Å². The van der Waals surface area contributed by atoms with Gasteiger partial charge in [-0.15, -0.1) is 0 Å². The van der Waals surface area contributed by atoms with Crippen LogP contribution in [0.1, 0.15) is 6.92 Å². The lowest BCUT2D eigenvalue weighted by Crippen LogP contribution is -1.97. The summed E-state index contributed by atoms with van der Waals surface area (Å²) in [6, 6.07) is 4.58. The van der Waals surface area contributed by atoms with E-state index in [-0.39, 0.29) is 5.69 Å². The summed E-state index contributed by atoms with van der Waals surface area (Å²) in [5, 5.41) is 13.9. The fourth-order valence-corrected chi connectivity index (χ4v) is 2.97. The van der Waals surface area contributed by atoms with E-state index in [0.717, 1.165) is 12.2 Å². The molecule has 2 aromatic rings. The van der Waals surface area contributed by atoms with Crippen LogP contribution >= 0.6 is 31.9 Å². The Morgan fingerprint density at radius 2 is 1.95 bits per heavy atom.